The Hall–Kier alpha value is -2.21. The molecular formula is C15H20N4O2. The van der Waals surface area contributed by atoms with Crippen molar-refractivity contribution in [2.75, 3.05) is 25.6 Å². The minimum atomic E-state index is 0.389. The van der Waals surface area contributed by atoms with E-state index >= 15 is 0 Å². The second kappa shape index (κ2) is 7.54. The molecule has 0 atom stereocenters. The summed E-state index contributed by atoms with van der Waals surface area (Å²) in [6, 6.07) is 3.80. The van der Waals surface area contributed by atoms with Crippen molar-refractivity contribution in [3.05, 3.63) is 30.4 Å². The van der Waals surface area contributed by atoms with Gasteiger partial charge in [0.25, 0.3) is 0 Å². The Morgan fingerprint density at radius 1 is 1.14 bits per heavy atom. The molecule has 2 aromatic rings. The minimum Gasteiger partial charge on any atom is -0.495 e. The van der Waals surface area contributed by atoms with E-state index in [1.165, 1.54) is 0 Å². The molecule has 0 radical (unpaired) electrons. The highest BCUT2D eigenvalue weighted by atomic mass is 16.5. The number of aromatic nitrogens is 3. The fraction of sp³-hybridized carbons (Fsp3) is 0.400. The molecule has 0 aliphatic carbocycles. The van der Waals surface area contributed by atoms with Crippen molar-refractivity contribution < 1.29 is 9.47 Å². The van der Waals surface area contributed by atoms with Crippen molar-refractivity contribution in [2.45, 2.75) is 20.5 Å². The highest BCUT2D eigenvalue weighted by Crippen LogP contribution is 2.23. The highest BCUT2D eigenvalue weighted by molar-refractivity contribution is 5.63. The summed E-state index contributed by atoms with van der Waals surface area (Å²) in [4.78, 5) is 13.1. The van der Waals surface area contributed by atoms with Crippen LogP contribution in [0, 0.1) is 0 Å². The SMILES string of the molecule is CCNc1cc(-c2cncc(OC)c2)nc(COCC)n1. The molecule has 112 valence electrons. The number of rotatable bonds is 7. The van der Waals surface area contributed by atoms with Crippen LogP contribution in [0.5, 0.6) is 5.75 Å². The van der Waals surface area contributed by atoms with Crippen LogP contribution in [-0.2, 0) is 11.3 Å². The van der Waals surface area contributed by atoms with Gasteiger partial charge in [-0.25, -0.2) is 9.97 Å². The standard InChI is InChI=1S/C15H20N4O2/c1-4-17-14-7-13(18-15(19-14)10-21-5-2)11-6-12(20-3)9-16-8-11/h6-9H,4-5,10H2,1-3H3,(H,17,18,19). The molecule has 6 heteroatoms. The largest absolute Gasteiger partial charge is 0.495 e. The summed E-state index contributed by atoms with van der Waals surface area (Å²) in [6.45, 7) is 5.78. The number of nitrogens with zero attached hydrogens (tertiary/aromatic N) is 3. The number of methoxy groups -OCH3 is 1. The third kappa shape index (κ3) is 4.13. The monoisotopic (exact) mass is 288 g/mol. The van der Waals surface area contributed by atoms with Crippen LogP contribution in [0.2, 0.25) is 0 Å². The summed E-state index contributed by atoms with van der Waals surface area (Å²) in [6.07, 6.45) is 3.42. The Morgan fingerprint density at radius 2 is 2.00 bits per heavy atom. The first-order chi connectivity index (χ1) is 10.3. The van der Waals surface area contributed by atoms with Crippen LogP contribution in [0.25, 0.3) is 11.3 Å². The van der Waals surface area contributed by atoms with Gasteiger partial charge < -0.3 is 14.8 Å². The van der Waals surface area contributed by atoms with Gasteiger partial charge in [-0.1, -0.05) is 0 Å². The normalized spacial score (nSPS) is 10.4. The van der Waals surface area contributed by atoms with Crippen LogP contribution < -0.4 is 10.1 Å². The van der Waals surface area contributed by atoms with E-state index in [-0.39, 0.29) is 0 Å². The topological polar surface area (TPSA) is 69.2 Å². The second-order valence-corrected chi connectivity index (χ2v) is 4.34. The van der Waals surface area contributed by atoms with E-state index in [1.54, 1.807) is 19.5 Å². The van der Waals surface area contributed by atoms with Gasteiger partial charge in [-0.3, -0.25) is 4.98 Å². The fourth-order valence-electron chi connectivity index (χ4n) is 1.85. The van der Waals surface area contributed by atoms with Gasteiger partial charge in [-0.05, 0) is 19.9 Å². The van der Waals surface area contributed by atoms with Crippen LogP contribution in [0.4, 0.5) is 5.82 Å². The van der Waals surface area contributed by atoms with Gasteiger partial charge in [0.05, 0.1) is 19.0 Å². The molecule has 2 aromatic heterocycles. The third-order valence-corrected chi connectivity index (χ3v) is 2.81. The lowest BCUT2D eigenvalue weighted by Crippen LogP contribution is -2.06. The van der Waals surface area contributed by atoms with Crippen LogP contribution in [-0.4, -0.2) is 35.2 Å². The summed E-state index contributed by atoms with van der Waals surface area (Å²) < 4.78 is 10.6. The lowest BCUT2D eigenvalue weighted by Gasteiger charge is -2.09. The smallest absolute Gasteiger partial charge is 0.157 e. The summed E-state index contributed by atoms with van der Waals surface area (Å²) in [5, 5.41) is 3.20. The Morgan fingerprint density at radius 3 is 2.71 bits per heavy atom. The van der Waals surface area contributed by atoms with Crippen molar-refractivity contribution in [3.8, 4) is 17.0 Å². The zero-order chi connectivity index (χ0) is 15.1. The molecule has 1 N–H and O–H groups in total. The maximum Gasteiger partial charge on any atom is 0.157 e. The van der Waals surface area contributed by atoms with Crippen molar-refractivity contribution in [2.24, 2.45) is 0 Å². The van der Waals surface area contributed by atoms with E-state index in [2.05, 4.69) is 20.3 Å². The number of nitrogens with one attached hydrogen (secondary N) is 1. The number of hydrogen-bond donors (Lipinski definition) is 1. The molecule has 2 rings (SSSR count). The van der Waals surface area contributed by atoms with Crippen molar-refractivity contribution in [1.82, 2.24) is 15.0 Å². The van der Waals surface area contributed by atoms with E-state index in [1.807, 2.05) is 26.0 Å². The van der Waals surface area contributed by atoms with Gasteiger partial charge in [-0.2, -0.15) is 0 Å². The number of pyridine rings is 1. The molecule has 0 spiro atoms. The molecule has 0 amide bonds. The first-order valence-corrected chi connectivity index (χ1v) is 6.95. The third-order valence-electron chi connectivity index (χ3n) is 2.81. The average Bonchev–Trinajstić information content (AvgIpc) is 2.53. The molecule has 0 aliphatic rings. The lowest BCUT2D eigenvalue weighted by atomic mass is 10.2. The Balaban J connectivity index is 2.37. The zero-order valence-electron chi connectivity index (χ0n) is 12.6. The molecule has 0 fully saturated rings. The lowest BCUT2D eigenvalue weighted by molar-refractivity contribution is 0.128. The quantitative estimate of drug-likeness (QED) is 0.844. The fourth-order valence-corrected chi connectivity index (χ4v) is 1.85. The van der Waals surface area contributed by atoms with E-state index in [4.69, 9.17) is 9.47 Å². The molecule has 0 bridgehead atoms. The molecule has 2 heterocycles. The second-order valence-electron chi connectivity index (χ2n) is 4.34. The van der Waals surface area contributed by atoms with Crippen LogP contribution in [0.15, 0.2) is 24.5 Å². The van der Waals surface area contributed by atoms with Crippen LogP contribution in [0.1, 0.15) is 19.7 Å². The molecule has 0 saturated carbocycles. The molecule has 0 aliphatic heterocycles. The first kappa shape index (κ1) is 15.2. The number of anilines is 1. The van der Waals surface area contributed by atoms with E-state index < -0.39 is 0 Å². The van der Waals surface area contributed by atoms with Crippen LogP contribution >= 0.6 is 0 Å². The molecule has 6 nitrogen and oxygen atoms in total. The summed E-state index contributed by atoms with van der Waals surface area (Å²) in [5.74, 6) is 2.12. The number of ether oxygens (including phenoxy) is 2. The van der Waals surface area contributed by atoms with E-state index in [9.17, 15) is 0 Å². The molecule has 21 heavy (non-hydrogen) atoms. The summed E-state index contributed by atoms with van der Waals surface area (Å²) in [7, 11) is 1.62. The molecule has 0 aromatic carbocycles. The molecule has 0 saturated heterocycles. The summed E-state index contributed by atoms with van der Waals surface area (Å²) >= 11 is 0. The Labute approximate surface area is 124 Å². The first-order valence-electron chi connectivity index (χ1n) is 6.95. The predicted molar refractivity (Wildman–Crippen MR) is 81.3 cm³/mol. The number of hydrogen-bond acceptors (Lipinski definition) is 6. The molecule has 0 unspecified atom stereocenters. The van der Waals surface area contributed by atoms with E-state index in [0.717, 1.165) is 23.6 Å². The molecular weight excluding hydrogens is 268 g/mol. The predicted octanol–water partition coefficient (Wildman–Crippen LogP) is 2.52. The highest BCUT2D eigenvalue weighted by Gasteiger charge is 2.08. The van der Waals surface area contributed by atoms with Crippen LogP contribution in [0.3, 0.4) is 0 Å². The minimum absolute atomic E-state index is 0.389. The van der Waals surface area contributed by atoms with Gasteiger partial charge in [0, 0.05) is 31.0 Å². The van der Waals surface area contributed by atoms with Gasteiger partial charge >= 0.3 is 0 Å². The Bertz CT molecular complexity index is 590. The van der Waals surface area contributed by atoms with Gasteiger partial charge in [-0.15, -0.1) is 0 Å². The van der Waals surface area contributed by atoms with Crippen molar-refractivity contribution in [3.63, 3.8) is 0 Å². The average molecular weight is 288 g/mol. The van der Waals surface area contributed by atoms with Gasteiger partial charge in [0.2, 0.25) is 0 Å². The van der Waals surface area contributed by atoms with Gasteiger partial charge in [0.1, 0.15) is 18.2 Å². The summed E-state index contributed by atoms with van der Waals surface area (Å²) in [5.41, 5.74) is 1.68. The van der Waals surface area contributed by atoms with E-state index in [0.29, 0.717) is 24.8 Å². The van der Waals surface area contributed by atoms with Crippen molar-refractivity contribution in [1.29, 1.82) is 0 Å². The maximum atomic E-state index is 5.40. The maximum absolute atomic E-state index is 5.40. The van der Waals surface area contributed by atoms with Crippen molar-refractivity contribution >= 4 is 5.82 Å². The van der Waals surface area contributed by atoms with Gasteiger partial charge in [0.15, 0.2) is 5.82 Å². The Kier molecular flexibility index (Phi) is 5.45. The zero-order valence-corrected chi connectivity index (χ0v) is 12.6.